The topological polar surface area (TPSA) is 32.8 Å². The molecule has 0 unspecified atom stereocenters. The van der Waals surface area contributed by atoms with Crippen molar-refractivity contribution in [1.29, 1.82) is 0 Å². The van der Waals surface area contributed by atoms with E-state index >= 15 is 0 Å². The third-order valence-electron chi connectivity index (χ3n) is 16.3. The molecular weight excluding hydrogens is 997 g/mol. The molecule has 4 heteroatoms. The van der Waals surface area contributed by atoms with Crippen LogP contribution in [0.5, 0.6) is 0 Å². The van der Waals surface area contributed by atoms with Crippen molar-refractivity contribution in [3.63, 3.8) is 0 Å². The monoisotopic (exact) mass is 1060 g/mol. The van der Waals surface area contributed by atoms with Gasteiger partial charge in [-0.25, -0.2) is 0 Å². The molecule has 4 nitrogen and oxygen atoms in total. The first-order valence-corrected chi connectivity index (χ1v) is 28.4. The van der Waals surface area contributed by atoms with Crippen LogP contribution in [0.3, 0.4) is 0 Å². The molecule has 0 saturated heterocycles. The van der Waals surface area contributed by atoms with Crippen molar-refractivity contribution in [2.45, 2.75) is 52.4 Å². The summed E-state index contributed by atoms with van der Waals surface area (Å²) in [6.07, 6.45) is 0. The molecule has 2 heterocycles. The van der Waals surface area contributed by atoms with Crippen molar-refractivity contribution < 1.29 is 8.83 Å². The second-order valence-electron chi connectivity index (χ2n) is 23.9. The van der Waals surface area contributed by atoms with Crippen LogP contribution in [0.15, 0.2) is 276 Å². The lowest BCUT2D eigenvalue weighted by Crippen LogP contribution is -2.14. The molecule has 0 bridgehead atoms. The molecule has 14 rings (SSSR count). The maximum absolute atomic E-state index is 6.84. The highest BCUT2D eigenvalue weighted by atomic mass is 16.3. The second-order valence-corrected chi connectivity index (χ2v) is 23.9. The Morgan fingerprint density at radius 2 is 0.573 bits per heavy atom. The summed E-state index contributed by atoms with van der Waals surface area (Å²) >= 11 is 0. The van der Waals surface area contributed by atoms with Crippen LogP contribution in [0.4, 0.5) is 34.1 Å². The molecule has 0 aliphatic heterocycles. The maximum atomic E-state index is 6.84. The fraction of sp³-hybridized carbons (Fsp3) is 0.103. The van der Waals surface area contributed by atoms with Crippen molar-refractivity contribution in [3.8, 4) is 44.9 Å². The molecule has 0 N–H and O–H groups in total. The minimum Gasteiger partial charge on any atom is -0.455 e. The largest absolute Gasteiger partial charge is 0.455 e. The zero-order valence-corrected chi connectivity index (χ0v) is 47.1. The van der Waals surface area contributed by atoms with Gasteiger partial charge in [0.2, 0.25) is 0 Å². The fourth-order valence-electron chi connectivity index (χ4n) is 11.7. The number of furan rings is 2. The van der Waals surface area contributed by atoms with Crippen LogP contribution >= 0.6 is 0 Å². The lowest BCUT2D eigenvalue weighted by molar-refractivity contribution is 0.590. The molecule has 0 radical (unpaired) electrons. The molecule has 0 aliphatic rings. The van der Waals surface area contributed by atoms with Crippen molar-refractivity contribution in [1.82, 2.24) is 0 Å². The highest BCUT2D eigenvalue weighted by Gasteiger charge is 2.22. The molecule has 0 saturated carbocycles. The molecular formula is C78H62N2O2. The number of anilines is 6. The SMILES string of the molecule is CC(C)(C)c1cccc(N(c2ccc(-c3ccccc3)cc2)c2ccc3cc(-c4cc5ccc6c(ccc7cc(-c8ccc9cc(N(c%10ccc(-c%11ccccc%11)cc%10)c%10cccc(C(C)(C)C)c%10)ccc9c8)oc76)c5o4)ccc3c2)c1. The van der Waals surface area contributed by atoms with Crippen molar-refractivity contribution in [2.75, 3.05) is 9.80 Å². The summed E-state index contributed by atoms with van der Waals surface area (Å²) in [5.74, 6) is 1.66. The second kappa shape index (κ2) is 20.0. The first-order chi connectivity index (χ1) is 39.8. The molecule has 2 aromatic heterocycles. The Kier molecular flexibility index (Phi) is 12.3. The van der Waals surface area contributed by atoms with E-state index in [1.807, 2.05) is 0 Å². The zero-order valence-electron chi connectivity index (χ0n) is 47.1. The summed E-state index contributed by atoms with van der Waals surface area (Å²) in [5.41, 5.74) is 17.8. The van der Waals surface area contributed by atoms with E-state index < -0.39 is 0 Å². The van der Waals surface area contributed by atoms with E-state index in [1.165, 1.54) is 33.4 Å². The van der Waals surface area contributed by atoms with Crippen molar-refractivity contribution in [3.05, 3.63) is 278 Å². The Balaban J connectivity index is 0.761. The number of benzene rings is 12. The van der Waals surface area contributed by atoms with Gasteiger partial charge in [-0.05, 0) is 175 Å². The average molecular weight is 1060 g/mol. The number of nitrogens with zero attached hydrogens (tertiary/aromatic N) is 2. The standard InChI is InChI=1S/C78H62N2O2/c1-77(2,3)63-19-13-21-67(49-63)79(65-35-27-53(28-36-65)51-15-9-7-10-16-51)69-39-31-55-43-59(25-23-57(55)45-69)73-47-61-33-41-72-71(75(61)81-73)42-34-62-48-74(82-76(62)72)60-26-24-58-46-70(40-32-56(58)44-60)80(68-22-14-20-64(50-68)78(4,5)6)66-37-29-54(30-38-66)52-17-11-8-12-18-52/h7-50H,1-6H3. The highest BCUT2D eigenvalue weighted by molar-refractivity contribution is 6.15. The fourth-order valence-corrected chi connectivity index (χ4v) is 11.7. The van der Waals surface area contributed by atoms with Crippen molar-refractivity contribution >= 4 is 88.4 Å². The number of rotatable bonds is 10. The normalized spacial score (nSPS) is 12.0. The molecule has 0 spiro atoms. The molecule has 0 aliphatic carbocycles. The van der Waals surface area contributed by atoms with Gasteiger partial charge in [0, 0.05) is 66.8 Å². The molecule has 12 aromatic carbocycles. The smallest absolute Gasteiger partial charge is 0.142 e. The lowest BCUT2D eigenvalue weighted by atomic mass is 9.87. The lowest BCUT2D eigenvalue weighted by Gasteiger charge is -2.28. The van der Waals surface area contributed by atoms with Crippen LogP contribution in [0, 0.1) is 0 Å². The Labute approximate surface area is 479 Å². The van der Waals surface area contributed by atoms with Gasteiger partial charge in [0.1, 0.15) is 22.7 Å². The van der Waals surface area contributed by atoms with E-state index in [0.29, 0.717) is 0 Å². The van der Waals surface area contributed by atoms with E-state index in [1.54, 1.807) is 0 Å². The first kappa shape index (κ1) is 50.3. The van der Waals surface area contributed by atoms with Gasteiger partial charge in [0.05, 0.1) is 0 Å². The van der Waals surface area contributed by atoms with Gasteiger partial charge in [0.25, 0.3) is 0 Å². The summed E-state index contributed by atoms with van der Waals surface area (Å²) in [6.45, 7) is 13.6. The Morgan fingerprint density at radius 3 is 0.976 bits per heavy atom. The first-order valence-electron chi connectivity index (χ1n) is 28.4. The predicted octanol–water partition coefficient (Wildman–Crippen LogP) is 22.8. The van der Waals surface area contributed by atoms with Gasteiger partial charge >= 0.3 is 0 Å². The van der Waals surface area contributed by atoms with Gasteiger partial charge < -0.3 is 18.6 Å². The highest BCUT2D eigenvalue weighted by Crippen LogP contribution is 2.44. The number of hydrogen-bond donors (Lipinski definition) is 0. The molecule has 0 amide bonds. The zero-order chi connectivity index (χ0) is 55.7. The van der Waals surface area contributed by atoms with Crippen LogP contribution in [-0.2, 0) is 10.8 Å². The minimum absolute atomic E-state index is 0.00609. The summed E-state index contributed by atoms with van der Waals surface area (Å²) in [5, 5.41) is 8.73. The van der Waals surface area contributed by atoms with Gasteiger partial charge in [-0.3, -0.25) is 0 Å². The van der Waals surface area contributed by atoms with Crippen LogP contribution in [0.25, 0.3) is 99.2 Å². The summed E-state index contributed by atoms with van der Waals surface area (Å²) in [7, 11) is 0. The third kappa shape index (κ3) is 9.46. The van der Waals surface area contributed by atoms with E-state index in [9.17, 15) is 0 Å². The molecule has 0 atom stereocenters. The van der Waals surface area contributed by atoms with E-state index in [4.69, 9.17) is 8.83 Å². The molecule has 0 fully saturated rings. The van der Waals surface area contributed by atoms with Crippen LogP contribution in [-0.4, -0.2) is 0 Å². The Bertz CT molecular complexity index is 4390. The molecule has 82 heavy (non-hydrogen) atoms. The van der Waals surface area contributed by atoms with E-state index in [0.717, 1.165) is 111 Å². The Hall–Kier alpha value is -9.90. The van der Waals surface area contributed by atoms with Crippen LogP contribution < -0.4 is 9.80 Å². The third-order valence-corrected chi connectivity index (χ3v) is 16.3. The van der Waals surface area contributed by atoms with Crippen LogP contribution in [0.1, 0.15) is 52.7 Å². The van der Waals surface area contributed by atoms with Gasteiger partial charge in [-0.15, -0.1) is 0 Å². The summed E-state index contributed by atoms with van der Waals surface area (Å²) in [6, 6.07) is 96.6. The van der Waals surface area contributed by atoms with E-state index in [2.05, 4.69) is 318 Å². The van der Waals surface area contributed by atoms with Gasteiger partial charge in [-0.2, -0.15) is 0 Å². The Morgan fingerprint density at radius 1 is 0.244 bits per heavy atom. The number of fused-ring (bicyclic) bond motifs is 7. The summed E-state index contributed by atoms with van der Waals surface area (Å²) < 4.78 is 13.7. The average Bonchev–Trinajstić information content (AvgIpc) is 3.39. The van der Waals surface area contributed by atoms with Gasteiger partial charge in [-0.1, -0.05) is 199 Å². The summed E-state index contributed by atoms with van der Waals surface area (Å²) in [4.78, 5) is 4.74. The van der Waals surface area contributed by atoms with Gasteiger partial charge in [0.15, 0.2) is 0 Å². The minimum atomic E-state index is 0.00609. The maximum Gasteiger partial charge on any atom is 0.142 e. The van der Waals surface area contributed by atoms with Crippen molar-refractivity contribution in [2.24, 2.45) is 0 Å². The molecule has 396 valence electrons. The predicted molar refractivity (Wildman–Crippen MR) is 347 cm³/mol. The number of hydrogen-bond acceptors (Lipinski definition) is 4. The van der Waals surface area contributed by atoms with E-state index in [-0.39, 0.29) is 10.8 Å². The molecule has 14 aromatic rings. The van der Waals surface area contributed by atoms with Crippen LogP contribution in [0.2, 0.25) is 0 Å². The quantitative estimate of drug-likeness (QED) is 0.137.